The summed E-state index contributed by atoms with van der Waals surface area (Å²) in [6, 6.07) is 1.04. The molecule has 0 aliphatic heterocycles. The van der Waals surface area contributed by atoms with Crippen molar-refractivity contribution in [1.82, 2.24) is 5.32 Å². The molecule has 1 aromatic rings. The van der Waals surface area contributed by atoms with Crippen molar-refractivity contribution in [2.75, 3.05) is 13.2 Å². The second-order valence-electron chi connectivity index (χ2n) is 4.08. The lowest BCUT2D eigenvalue weighted by atomic mass is 10.1. The lowest BCUT2D eigenvalue weighted by Gasteiger charge is -2.06. The Morgan fingerprint density at radius 1 is 1.30 bits per heavy atom. The van der Waals surface area contributed by atoms with E-state index in [4.69, 9.17) is 5.11 Å². The van der Waals surface area contributed by atoms with Gasteiger partial charge in [-0.3, -0.25) is 14.9 Å². The Kier molecular flexibility index (Phi) is 5.98. The fraction of sp³-hybridized carbons (Fsp3) is 0.417. The van der Waals surface area contributed by atoms with E-state index in [0.29, 0.717) is 31.4 Å². The van der Waals surface area contributed by atoms with Crippen molar-refractivity contribution in [2.45, 2.75) is 19.3 Å². The number of aliphatic hydroxyl groups excluding tert-OH is 1. The minimum atomic E-state index is -1.36. The first kappa shape index (κ1) is 16.0. The highest BCUT2D eigenvalue weighted by Crippen LogP contribution is 2.22. The Morgan fingerprint density at radius 3 is 2.60 bits per heavy atom. The number of nitro benzene ring substituents is 1. The van der Waals surface area contributed by atoms with Crippen molar-refractivity contribution in [1.29, 1.82) is 0 Å². The van der Waals surface area contributed by atoms with Crippen LogP contribution in [0, 0.1) is 21.7 Å². The van der Waals surface area contributed by atoms with Crippen LogP contribution in [0.1, 0.15) is 29.6 Å². The van der Waals surface area contributed by atoms with Gasteiger partial charge in [-0.05, 0) is 25.3 Å². The summed E-state index contributed by atoms with van der Waals surface area (Å²) >= 11 is 0. The number of benzene rings is 1. The molecule has 8 heteroatoms. The maximum absolute atomic E-state index is 13.7. The monoisotopic (exact) mass is 288 g/mol. The highest BCUT2D eigenvalue weighted by Gasteiger charge is 2.23. The fourth-order valence-corrected chi connectivity index (χ4v) is 1.58. The van der Waals surface area contributed by atoms with Crippen LogP contribution in [0.4, 0.5) is 14.5 Å². The summed E-state index contributed by atoms with van der Waals surface area (Å²) in [6.45, 7) is 0.251. The van der Waals surface area contributed by atoms with Crippen LogP contribution in [-0.4, -0.2) is 29.1 Å². The molecule has 6 nitrogen and oxygen atoms in total. The molecule has 0 saturated carbocycles. The van der Waals surface area contributed by atoms with E-state index < -0.39 is 33.7 Å². The number of nitrogens with zero attached hydrogens (tertiary/aromatic N) is 1. The van der Waals surface area contributed by atoms with Gasteiger partial charge in [-0.25, -0.2) is 4.39 Å². The molecule has 0 radical (unpaired) electrons. The van der Waals surface area contributed by atoms with Gasteiger partial charge in [0.15, 0.2) is 0 Å². The van der Waals surface area contributed by atoms with Crippen molar-refractivity contribution in [2.24, 2.45) is 0 Å². The first-order chi connectivity index (χ1) is 9.47. The zero-order valence-electron chi connectivity index (χ0n) is 10.6. The molecule has 0 aromatic heterocycles. The number of carbonyl (C=O) groups excluding carboxylic acids is 1. The number of aliphatic hydroxyl groups is 1. The van der Waals surface area contributed by atoms with Gasteiger partial charge in [0.1, 0.15) is 5.82 Å². The summed E-state index contributed by atoms with van der Waals surface area (Å²) in [5.41, 5.74) is -1.77. The third kappa shape index (κ3) is 4.23. The first-order valence-corrected chi connectivity index (χ1v) is 6.00. The van der Waals surface area contributed by atoms with Crippen LogP contribution < -0.4 is 5.32 Å². The molecule has 0 fully saturated rings. The molecule has 20 heavy (non-hydrogen) atoms. The third-order valence-electron chi connectivity index (χ3n) is 2.58. The number of rotatable bonds is 7. The highest BCUT2D eigenvalue weighted by atomic mass is 19.1. The highest BCUT2D eigenvalue weighted by molar-refractivity contribution is 5.95. The molecule has 0 heterocycles. The van der Waals surface area contributed by atoms with E-state index >= 15 is 0 Å². The Morgan fingerprint density at radius 2 is 2.00 bits per heavy atom. The predicted molar refractivity (Wildman–Crippen MR) is 66.3 cm³/mol. The molecule has 1 aromatic carbocycles. The summed E-state index contributed by atoms with van der Waals surface area (Å²) in [6.07, 6.45) is 1.81. The summed E-state index contributed by atoms with van der Waals surface area (Å²) in [5, 5.41) is 21.4. The van der Waals surface area contributed by atoms with Gasteiger partial charge in [-0.15, -0.1) is 0 Å². The van der Waals surface area contributed by atoms with E-state index in [-0.39, 0.29) is 13.2 Å². The van der Waals surface area contributed by atoms with Crippen LogP contribution in [0.3, 0.4) is 0 Å². The van der Waals surface area contributed by atoms with Gasteiger partial charge < -0.3 is 10.4 Å². The molecular weight excluding hydrogens is 274 g/mol. The van der Waals surface area contributed by atoms with E-state index in [0.717, 1.165) is 0 Å². The van der Waals surface area contributed by atoms with Gasteiger partial charge in [-0.1, -0.05) is 0 Å². The molecule has 2 N–H and O–H groups in total. The second kappa shape index (κ2) is 7.49. The Hall–Kier alpha value is -2.09. The first-order valence-electron chi connectivity index (χ1n) is 6.00. The minimum absolute atomic E-state index is 0.0403. The van der Waals surface area contributed by atoms with Gasteiger partial charge in [0.05, 0.1) is 16.6 Å². The van der Waals surface area contributed by atoms with Gasteiger partial charge in [0, 0.05) is 13.2 Å². The molecule has 0 spiro atoms. The van der Waals surface area contributed by atoms with E-state index in [9.17, 15) is 23.7 Å². The largest absolute Gasteiger partial charge is 0.396 e. The number of unbranched alkanes of at least 4 members (excludes halogenated alkanes) is 2. The number of nitrogens with one attached hydrogen (secondary N) is 1. The second-order valence-corrected chi connectivity index (χ2v) is 4.08. The van der Waals surface area contributed by atoms with E-state index in [2.05, 4.69) is 5.32 Å². The van der Waals surface area contributed by atoms with Crippen molar-refractivity contribution >= 4 is 11.6 Å². The van der Waals surface area contributed by atoms with Gasteiger partial charge in [-0.2, -0.15) is 4.39 Å². The zero-order valence-corrected chi connectivity index (χ0v) is 10.6. The van der Waals surface area contributed by atoms with Crippen molar-refractivity contribution < 1.29 is 23.6 Å². The number of nitro groups is 1. The van der Waals surface area contributed by atoms with E-state index in [1.807, 2.05) is 0 Å². The topological polar surface area (TPSA) is 92.5 Å². The Balaban J connectivity index is 2.75. The normalized spacial score (nSPS) is 10.3. The van der Waals surface area contributed by atoms with Crippen molar-refractivity contribution in [3.05, 3.63) is 39.4 Å². The zero-order chi connectivity index (χ0) is 15.1. The molecule has 1 rings (SSSR count). The third-order valence-corrected chi connectivity index (χ3v) is 2.58. The molecule has 0 aliphatic rings. The minimum Gasteiger partial charge on any atom is -0.396 e. The average molecular weight is 288 g/mol. The fourth-order valence-electron chi connectivity index (χ4n) is 1.58. The van der Waals surface area contributed by atoms with Crippen molar-refractivity contribution in [3.63, 3.8) is 0 Å². The van der Waals surface area contributed by atoms with Crippen LogP contribution in [0.2, 0.25) is 0 Å². The summed E-state index contributed by atoms with van der Waals surface area (Å²) in [5.74, 6) is -3.32. The Labute approximate surface area is 113 Å². The van der Waals surface area contributed by atoms with Crippen LogP contribution in [-0.2, 0) is 0 Å². The van der Waals surface area contributed by atoms with Gasteiger partial charge in [0.2, 0.25) is 5.82 Å². The number of hydrogen-bond acceptors (Lipinski definition) is 4. The molecule has 0 saturated heterocycles. The number of hydrogen-bond donors (Lipinski definition) is 2. The van der Waals surface area contributed by atoms with E-state index in [1.54, 1.807) is 0 Å². The van der Waals surface area contributed by atoms with Gasteiger partial charge >= 0.3 is 5.69 Å². The van der Waals surface area contributed by atoms with Crippen LogP contribution in [0.25, 0.3) is 0 Å². The Bertz CT molecular complexity index is 508. The maximum atomic E-state index is 13.7. The van der Waals surface area contributed by atoms with Crippen LogP contribution >= 0.6 is 0 Å². The molecule has 110 valence electrons. The molecule has 0 aliphatic carbocycles. The SMILES string of the molecule is O=C(NCCCCCO)c1cc(F)cc([N+](=O)[O-])c1F. The lowest BCUT2D eigenvalue weighted by molar-refractivity contribution is -0.387. The van der Waals surface area contributed by atoms with E-state index in [1.165, 1.54) is 0 Å². The summed E-state index contributed by atoms with van der Waals surface area (Å²) in [7, 11) is 0. The van der Waals surface area contributed by atoms with Crippen LogP contribution in [0.5, 0.6) is 0 Å². The molecule has 1 amide bonds. The molecule has 0 unspecified atom stereocenters. The standard InChI is InChI=1S/C12H14F2N2O4/c13-8-6-9(11(14)10(7-8)16(19)20)12(18)15-4-2-1-3-5-17/h6-7,17H,1-5H2,(H,15,18). The predicted octanol–water partition coefficient (Wildman–Crippen LogP) is 1.77. The van der Waals surface area contributed by atoms with Gasteiger partial charge in [0.25, 0.3) is 5.91 Å². The number of amides is 1. The average Bonchev–Trinajstić information content (AvgIpc) is 2.40. The quantitative estimate of drug-likeness (QED) is 0.454. The molecule has 0 bridgehead atoms. The summed E-state index contributed by atoms with van der Waals surface area (Å²) in [4.78, 5) is 21.1. The smallest absolute Gasteiger partial charge is 0.308 e. The van der Waals surface area contributed by atoms with Crippen molar-refractivity contribution in [3.8, 4) is 0 Å². The van der Waals surface area contributed by atoms with Crippen LogP contribution in [0.15, 0.2) is 12.1 Å². The molecule has 0 atom stereocenters. The maximum Gasteiger partial charge on any atom is 0.308 e. The molecular formula is C12H14F2N2O4. The lowest BCUT2D eigenvalue weighted by Crippen LogP contribution is -2.26. The number of halogens is 2. The number of carbonyl (C=O) groups is 1. The summed E-state index contributed by atoms with van der Waals surface area (Å²) < 4.78 is 26.8.